The Kier molecular flexibility index (Phi) is 2.43. The minimum Gasteiger partial charge on any atom is -0.481 e. The molecule has 1 rings (SSSR count). The van der Waals surface area contributed by atoms with E-state index in [0.717, 1.165) is 0 Å². The summed E-state index contributed by atoms with van der Waals surface area (Å²) >= 11 is 0. The Balaban J connectivity index is 2.77. The molecule has 5 N–H and O–H groups in total. The summed E-state index contributed by atoms with van der Waals surface area (Å²) < 4.78 is 0. The average Bonchev–Trinajstić information content (AvgIpc) is 2.76. The number of aliphatic carboxylic acids is 3. The van der Waals surface area contributed by atoms with Crippen LogP contribution in [0.1, 0.15) is 0 Å². The third kappa shape index (κ3) is 1.53. The zero-order valence-electron chi connectivity index (χ0n) is 6.95. The predicted molar refractivity (Wildman–Crippen MR) is 41.4 cm³/mol. The van der Waals surface area contributed by atoms with Gasteiger partial charge in [0, 0.05) is 5.92 Å². The van der Waals surface area contributed by atoms with Crippen molar-refractivity contribution in [3.8, 4) is 0 Å². The van der Waals surface area contributed by atoms with Crippen molar-refractivity contribution < 1.29 is 29.7 Å². The highest BCUT2D eigenvalue weighted by Crippen LogP contribution is 2.48. The standard InChI is InChI=1S/C7H9NO6/c8-4(7(13)14)1-2(5(9)10)3(1)6(11)12/h1-4H,8H2,(H,9,10)(H,11,12)(H,13,14)/t1?,2?,3?,4-/m0/s1. The smallest absolute Gasteiger partial charge is 0.320 e. The molecule has 3 atom stereocenters. The molecule has 1 fully saturated rings. The Bertz CT molecular complexity index is 281. The summed E-state index contributed by atoms with van der Waals surface area (Å²) in [7, 11) is 0. The zero-order valence-corrected chi connectivity index (χ0v) is 6.95. The molecule has 7 heteroatoms. The van der Waals surface area contributed by atoms with E-state index in [1.165, 1.54) is 0 Å². The third-order valence-corrected chi connectivity index (χ3v) is 2.35. The second-order valence-electron chi connectivity index (χ2n) is 3.17. The van der Waals surface area contributed by atoms with Crippen LogP contribution in [0.3, 0.4) is 0 Å². The molecule has 14 heavy (non-hydrogen) atoms. The van der Waals surface area contributed by atoms with E-state index in [2.05, 4.69) is 0 Å². The van der Waals surface area contributed by atoms with Gasteiger partial charge in [0.25, 0.3) is 0 Å². The fourth-order valence-electron chi connectivity index (χ4n) is 1.58. The second kappa shape index (κ2) is 3.26. The second-order valence-corrected chi connectivity index (χ2v) is 3.17. The minimum absolute atomic E-state index is 1.01. The Morgan fingerprint density at radius 3 is 1.57 bits per heavy atom. The van der Waals surface area contributed by atoms with Gasteiger partial charge in [0.2, 0.25) is 0 Å². The SMILES string of the molecule is N[C@H](C(=O)O)C1C(C(=O)O)C1C(=O)O. The quantitative estimate of drug-likeness (QED) is 0.433. The lowest BCUT2D eigenvalue weighted by Crippen LogP contribution is -2.34. The number of nitrogens with two attached hydrogens (primary N) is 1. The van der Waals surface area contributed by atoms with Crippen LogP contribution >= 0.6 is 0 Å². The predicted octanol–water partition coefficient (Wildman–Crippen LogP) is -1.57. The lowest BCUT2D eigenvalue weighted by atomic mass is 10.1. The molecule has 78 valence electrons. The van der Waals surface area contributed by atoms with E-state index in [9.17, 15) is 14.4 Å². The molecule has 0 aromatic heterocycles. The first-order valence-corrected chi connectivity index (χ1v) is 3.82. The van der Waals surface area contributed by atoms with Crippen molar-refractivity contribution in [2.75, 3.05) is 0 Å². The van der Waals surface area contributed by atoms with Crippen LogP contribution in [0, 0.1) is 17.8 Å². The molecule has 0 radical (unpaired) electrons. The van der Waals surface area contributed by atoms with E-state index in [0.29, 0.717) is 0 Å². The zero-order chi connectivity index (χ0) is 11.0. The van der Waals surface area contributed by atoms with Crippen LogP contribution in [0.15, 0.2) is 0 Å². The van der Waals surface area contributed by atoms with Crippen LogP contribution in [-0.2, 0) is 14.4 Å². The Labute approximate surface area is 78.1 Å². The van der Waals surface area contributed by atoms with Gasteiger partial charge < -0.3 is 21.1 Å². The molecule has 0 heterocycles. The van der Waals surface area contributed by atoms with E-state index >= 15 is 0 Å². The monoisotopic (exact) mass is 203 g/mol. The largest absolute Gasteiger partial charge is 0.481 e. The molecule has 0 bridgehead atoms. The molecular weight excluding hydrogens is 194 g/mol. The highest BCUT2D eigenvalue weighted by atomic mass is 16.4. The average molecular weight is 203 g/mol. The fourth-order valence-corrected chi connectivity index (χ4v) is 1.58. The minimum atomic E-state index is -1.43. The van der Waals surface area contributed by atoms with Crippen LogP contribution in [0.2, 0.25) is 0 Å². The number of carbonyl (C=O) groups is 3. The van der Waals surface area contributed by atoms with Crippen molar-refractivity contribution in [2.24, 2.45) is 23.5 Å². The highest BCUT2D eigenvalue weighted by molar-refractivity contribution is 5.89. The van der Waals surface area contributed by atoms with E-state index in [-0.39, 0.29) is 0 Å². The number of rotatable bonds is 4. The van der Waals surface area contributed by atoms with Gasteiger partial charge in [-0.05, 0) is 0 Å². The van der Waals surface area contributed by atoms with E-state index in [1.807, 2.05) is 0 Å². The molecule has 0 aromatic carbocycles. The molecule has 0 spiro atoms. The summed E-state index contributed by atoms with van der Waals surface area (Å²) in [4.78, 5) is 31.4. The molecule has 1 aliphatic carbocycles. The number of carboxylic acids is 3. The summed E-state index contributed by atoms with van der Waals surface area (Å²) in [5.41, 5.74) is 5.15. The molecule has 2 unspecified atom stereocenters. The third-order valence-electron chi connectivity index (χ3n) is 2.35. The van der Waals surface area contributed by atoms with Crippen LogP contribution in [0.4, 0.5) is 0 Å². The van der Waals surface area contributed by atoms with E-state index < -0.39 is 41.7 Å². The van der Waals surface area contributed by atoms with Gasteiger partial charge in [-0.25, -0.2) is 0 Å². The first-order chi connectivity index (χ1) is 6.37. The molecule has 1 aliphatic rings. The van der Waals surface area contributed by atoms with Gasteiger partial charge in [0.1, 0.15) is 6.04 Å². The summed E-state index contributed by atoms with van der Waals surface area (Å²) in [6, 6.07) is -1.43. The van der Waals surface area contributed by atoms with Crippen LogP contribution in [-0.4, -0.2) is 39.3 Å². The maximum absolute atomic E-state index is 10.5. The topological polar surface area (TPSA) is 138 Å². The lowest BCUT2D eigenvalue weighted by Gasteiger charge is -2.02. The van der Waals surface area contributed by atoms with Crippen molar-refractivity contribution >= 4 is 17.9 Å². The summed E-state index contributed by atoms with van der Waals surface area (Å²) in [6.07, 6.45) is 0. The number of carboxylic acid groups (broad SMARTS) is 3. The highest BCUT2D eigenvalue weighted by Gasteiger charge is 2.63. The molecule has 0 aromatic rings. The fraction of sp³-hybridized carbons (Fsp3) is 0.571. The summed E-state index contributed by atoms with van der Waals surface area (Å²) in [5, 5.41) is 25.6. The molecule has 0 amide bonds. The van der Waals surface area contributed by atoms with Crippen LogP contribution in [0.5, 0.6) is 0 Å². The van der Waals surface area contributed by atoms with Gasteiger partial charge in [-0.2, -0.15) is 0 Å². The van der Waals surface area contributed by atoms with Crippen molar-refractivity contribution in [1.29, 1.82) is 0 Å². The van der Waals surface area contributed by atoms with Crippen molar-refractivity contribution in [1.82, 2.24) is 0 Å². The first kappa shape index (κ1) is 10.5. The summed E-state index contributed by atoms with van der Waals surface area (Å²) in [5.74, 6) is -7.40. The Morgan fingerprint density at radius 2 is 1.36 bits per heavy atom. The van der Waals surface area contributed by atoms with E-state index in [1.54, 1.807) is 0 Å². The molecular formula is C7H9NO6. The van der Waals surface area contributed by atoms with Gasteiger partial charge in [-0.15, -0.1) is 0 Å². The van der Waals surface area contributed by atoms with Crippen molar-refractivity contribution in [2.45, 2.75) is 6.04 Å². The molecule has 7 nitrogen and oxygen atoms in total. The lowest BCUT2D eigenvalue weighted by molar-refractivity contribution is -0.144. The number of hydrogen-bond donors (Lipinski definition) is 4. The Morgan fingerprint density at radius 1 is 1.00 bits per heavy atom. The molecule has 1 saturated carbocycles. The van der Waals surface area contributed by atoms with Gasteiger partial charge in [0.05, 0.1) is 11.8 Å². The van der Waals surface area contributed by atoms with Gasteiger partial charge in [-0.3, -0.25) is 14.4 Å². The van der Waals surface area contributed by atoms with Gasteiger partial charge in [0.15, 0.2) is 0 Å². The molecule has 0 saturated heterocycles. The Hall–Kier alpha value is -1.63. The van der Waals surface area contributed by atoms with Gasteiger partial charge in [-0.1, -0.05) is 0 Å². The molecule has 0 aliphatic heterocycles. The summed E-state index contributed by atoms with van der Waals surface area (Å²) in [6.45, 7) is 0. The normalized spacial score (nSPS) is 31.9. The first-order valence-electron chi connectivity index (χ1n) is 3.82. The van der Waals surface area contributed by atoms with Crippen LogP contribution in [0.25, 0.3) is 0 Å². The maximum Gasteiger partial charge on any atom is 0.320 e. The van der Waals surface area contributed by atoms with Crippen LogP contribution < -0.4 is 5.73 Å². The maximum atomic E-state index is 10.5. The van der Waals surface area contributed by atoms with E-state index in [4.69, 9.17) is 21.1 Å². The van der Waals surface area contributed by atoms with Gasteiger partial charge >= 0.3 is 17.9 Å². The van der Waals surface area contributed by atoms with Crippen molar-refractivity contribution in [3.05, 3.63) is 0 Å². The van der Waals surface area contributed by atoms with Crippen molar-refractivity contribution in [3.63, 3.8) is 0 Å². The number of hydrogen-bond acceptors (Lipinski definition) is 4.